The van der Waals surface area contributed by atoms with Gasteiger partial charge in [-0.3, -0.25) is 9.78 Å². The van der Waals surface area contributed by atoms with Gasteiger partial charge in [-0.2, -0.15) is 0 Å². The zero-order valence-corrected chi connectivity index (χ0v) is 11.9. The van der Waals surface area contributed by atoms with Gasteiger partial charge in [0.2, 0.25) is 5.78 Å². The fourth-order valence-electron chi connectivity index (χ4n) is 1.78. The number of carbonyl (C=O) groups is 1. The van der Waals surface area contributed by atoms with Gasteiger partial charge in [-0.15, -0.1) is 0 Å². The summed E-state index contributed by atoms with van der Waals surface area (Å²) in [6.45, 7) is 0. The van der Waals surface area contributed by atoms with E-state index in [2.05, 4.69) is 20.9 Å². The zero-order chi connectivity index (χ0) is 13.4. The molecule has 0 radical (unpaired) electrons. The van der Waals surface area contributed by atoms with Crippen LogP contribution in [0.1, 0.15) is 16.2 Å². The van der Waals surface area contributed by atoms with E-state index >= 15 is 0 Å². The summed E-state index contributed by atoms with van der Waals surface area (Å²) in [5.74, 6) is -0.0299. The largest absolute Gasteiger partial charge is 0.451 e. The van der Waals surface area contributed by atoms with Gasteiger partial charge in [0.25, 0.3) is 0 Å². The summed E-state index contributed by atoms with van der Waals surface area (Å²) >= 11 is 9.29. The van der Waals surface area contributed by atoms with E-state index in [9.17, 15) is 4.79 Å². The highest BCUT2D eigenvalue weighted by Crippen LogP contribution is 2.27. The fraction of sp³-hybridized carbons (Fsp3) is 0. The van der Waals surface area contributed by atoms with Gasteiger partial charge in [0.15, 0.2) is 11.3 Å². The molecule has 19 heavy (non-hydrogen) atoms. The van der Waals surface area contributed by atoms with Crippen molar-refractivity contribution in [3.8, 4) is 0 Å². The number of pyridine rings is 1. The lowest BCUT2D eigenvalue weighted by molar-refractivity contribution is 0.101. The number of benzene rings is 1. The molecule has 0 unspecified atom stereocenters. The minimum Gasteiger partial charge on any atom is -0.451 e. The normalized spacial score (nSPS) is 10.8. The average Bonchev–Trinajstić information content (AvgIpc) is 2.84. The van der Waals surface area contributed by atoms with E-state index in [1.165, 1.54) is 0 Å². The van der Waals surface area contributed by atoms with Gasteiger partial charge >= 0.3 is 0 Å². The summed E-state index contributed by atoms with van der Waals surface area (Å²) in [4.78, 5) is 16.3. The molecule has 0 spiro atoms. The van der Waals surface area contributed by atoms with Crippen LogP contribution in [0.3, 0.4) is 0 Å². The fourth-order valence-corrected chi connectivity index (χ4v) is 2.23. The molecule has 0 amide bonds. The van der Waals surface area contributed by atoms with E-state index in [0.29, 0.717) is 16.3 Å². The van der Waals surface area contributed by atoms with Crippen LogP contribution in [0.2, 0.25) is 5.02 Å². The minimum atomic E-state index is -0.264. The summed E-state index contributed by atoms with van der Waals surface area (Å²) in [6.07, 6.45) is 1.57. The van der Waals surface area contributed by atoms with Crippen molar-refractivity contribution in [1.82, 2.24) is 4.98 Å². The first kappa shape index (κ1) is 12.4. The Bertz CT molecular complexity index is 765. The molecule has 3 nitrogen and oxygen atoms in total. The molecule has 0 aliphatic rings. The molecule has 3 aromatic rings. The zero-order valence-electron chi connectivity index (χ0n) is 9.56. The van der Waals surface area contributed by atoms with Crippen LogP contribution in [0.5, 0.6) is 0 Å². The van der Waals surface area contributed by atoms with E-state index in [-0.39, 0.29) is 11.5 Å². The number of hydrogen-bond acceptors (Lipinski definition) is 3. The molecule has 2 heterocycles. The second-order valence-corrected chi connectivity index (χ2v) is 5.28. The quantitative estimate of drug-likeness (QED) is 0.648. The summed E-state index contributed by atoms with van der Waals surface area (Å²) in [5.41, 5.74) is 0.850. The van der Waals surface area contributed by atoms with Crippen molar-refractivity contribution in [1.29, 1.82) is 0 Å². The molecule has 0 aliphatic heterocycles. The Hall–Kier alpha value is -1.65. The summed E-state index contributed by atoms with van der Waals surface area (Å²) in [5, 5.41) is 1.29. The Morgan fingerprint density at radius 1 is 1.26 bits per heavy atom. The Morgan fingerprint density at radius 2 is 2.11 bits per heavy atom. The number of fused-ring (bicyclic) bond motifs is 1. The SMILES string of the molecule is O=C(c1ccc(Br)cn1)c1cc2cccc(Cl)c2o1. The maximum atomic E-state index is 12.2. The van der Waals surface area contributed by atoms with Gasteiger partial charge in [0.05, 0.1) is 5.02 Å². The molecule has 5 heteroatoms. The van der Waals surface area contributed by atoms with Crippen molar-refractivity contribution in [2.24, 2.45) is 0 Å². The first-order chi connectivity index (χ1) is 9.15. The van der Waals surface area contributed by atoms with Crippen LogP contribution in [0.4, 0.5) is 0 Å². The Labute approximate surface area is 122 Å². The molecular weight excluding hydrogens is 330 g/mol. The van der Waals surface area contributed by atoms with Gasteiger partial charge in [0.1, 0.15) is 5.69 Å². The highest BCUT2D eigenvalue weighted by Gasteiger charge is 2.16. The van der Waals surface area contributed by atoms with Gasteiger partial charge in [-0.05, 0) is 40.2 Å². The lowest BCUT2D eigenvalue weighted by Crippen LogP contribution is -2.01. The Balaban J connectivity index is 2.06. The molecule has 1 aromatic carbocycles. The first-order valence-corrected chi connectivity index (χ1v) is 6.66. The van der Waals surface area contributed by atoms with Crippen LogP contribution >= 0.6 is 27.5 Å². The number of halogens is 2. The number of nitrogens with zero attached hydrogens (tertiary/aromatic N) is 1. The molecule has 0 N–H and O–H groups in total. The van der Waals surface area contributed by atoms with Gasteiger partial charge < -0.3 is 4.42 Å². The predicted octanol–water partition coefficient (Wildman–Crippen LogP) is 4.47. The molecule has 0 atom stereocenters. The third-order valence-electron chi connectivity index (χ3n) is 2.68. The highest BCUT2D eigenvalue weighted by molar-refractivity contribution is 9.10. The maximum absolute atomic E-state index is 12.2. The molecule has 0 saturated carbocycles. The molecule has 0 fully saturated rings. The van der Waals surface area contributed by atoms with E-state index in [4.69, 9.17) is 16.0 Å². The van der Waals surface area contributed by atoms with Crippen molar-refractivity contribution in [2.75, 3.05) is 0 Å². The molecule has 2 aromatic heterocycles. The second-order valence-electron chi connectivity index (χ2n) is 3.96. The predicted molar refractivity (Wildman–Crippen MR) is 76.6 cm³/mol. The van der Waals surface area contributed by atoms with Crippen LogP contribution in [0.15, 0.2) is 51.5 Å². The van der Waals surface area contributed by atoms with Crippen LogP contribution in [-0.2, 0) is 0 Å². The highest BCUT2D eigenvalue weighted by atomic mass is 79.9. The van der Waals surface area contributed by atoms with E-state index in [0.717, 1.165) is 9.86 Å². The summed E-state index contributed by atoms with van der Waals surface area (Å²) in [7, 11) is 0. The third-order valence-corrected chi connectivity index (χ3v) is 3.45. The molecule has 3 rings (SSSR count). The number of ketones is 1. The van der Waals surface area contributed by atoms with Crippen molar-refractivity contribution < 1.29 is 9.21 Å². The molecule has 0 aliphatic carbocycles. The lowest BCUT2D eigenvalue weighted by atomic mass is 10.2. The lowest BCUT2D eigenvalue weighted by Gasteiger charge is -1.96. The van der Waals surface area contributed by atoms with Gasteiger partial charge in [-0.1, -0.05) is 23.7 Å². The van der Waals surface area contributed by atoms with Crippen molar-refractivity contribution >= 4 is 44.3 Å². The third kappa shape index (κ3) is 2.29. The topological polar surface area (TPSA) is 43.1 Å². The van der Waals surface area contributed by atoms with Crippen LogP contribution < -0.4 is 0 Å². The van der Waals surface area contributed by atoms with Gasteiger partial charge in [0, 0.05) is 16.1 Å². The first-order valence-electron chi connectivity index (χ1n) is 5.49. The number of para-hydroxylation sites is 1. The number of carbonyl (C=O) groups excluding carboxylic acids is 1. The Morgan fingerprint density at radius 3 is 2.79 bits per heavy atom. The standard InChI is InChI=1S/C14H7BrClNO2/c15-9-4-5-11(17-7-9)13(18)12-6-8-2-1-3-10(16)14(8)19-12/h1-7H. The molecule has 0 saturated heterocycles. The van der Waals surface area contributed by atoms with Crippen molar-refractivity contribution in [3.05, 3.63) is 63.5 Å². The van der Waals surface area contributed by atoms with E-state index < -0.39 is 0 Å². The molecule has 0 bridgehead atoms. The number of rotatable bonds is 2. The van der Waals surface area contributed by atoms with Crippen LogP contribution in [0, 0.1) is 0 Å². The summed E-state index contributed by atoms with van der Waals surface area (Å²) in [6, 6.07) is 10.5. The van der Waals surface area contributed by atoms with Crippen LogP contribution in [-0.4, -0.2) is 10.8 Å². The van der Waals surface area contributed by atoms with E-state index in [1.807, 2.05) is 12.1 Å². The molecule has 94 valence electrons. The van der Waals surface area contributed by atoms with Crippen molar-refractivity contribution in [3.63, 3.8) is 0 Å². The number of furan rings is 1. The summed E-state index contributed by atoms with van der Waals surface area (Å²) < 4.78 is 6.33. The van der Waals surface area contributed by atoms with Gasteiger partial charge in [-0.25, -0.2) is 0 Å². The number of hydrogen-bond donors (Lipinski definition) is 0. The van der Waals surface area contributed by atoms with Crippen LogP contribution in [0.25, 0.3) is 11.0 Å². The smallest absolute Gasteiger partial charge is 0.246 e. The molecular formula is C14H7BrClNO2. The average molecular weight is 337 g/mol. The van der Waals surface area contributed by atoms with E-state index in [1.54, 1.807) is 30.5 Å². The second kappa shape index (κ2) is 4.79. The maximum Gasteiger partial charge on any atom is 0.246 e. The van der Waals surface area contributed by atoms with Crippen molar-refractivity contribution in [2.45, 2.75) is 0 Å². The number of aromatic nitrogens is 1. The minimum absolute atomic E-state index is 0.234. The Kier molecular flexibility index (Phi) is 3.12. The monoisotopic (exact) mass is 335 g/mol.